The Morgan fingerprint density at radius 3 is 2.59 bits per heavy atom. The summed E-state index contributed by atoms with van der Waals surface area (Å²) >= 11 is 5.07. The summed E-state index contributed by atoms with van der Waals surface area (Å²) in [5.41, 5.74) is 4.35. The molecule has 0 amide bonds. The monoisotopic (exact) mass is 443 g/mol. The van der Waals surface area contributed by atoms with Gasteiger partial charge in [-0.2, -0.15) is 5.10 Å². The van der Waals surface area contributed by atoms with Crippen molar-refractivity contribution in [2.24, 2.45) is 0 Å². The second-order valence-electron chi connectivity index (χ2n) is 6.11. The van der Waals surface area contributed by atoms with Gasteiger partial charge in [0.25, 0.3) is 5.22 Å². The van der Waals surface area contributed by atoms with Crippen molar-refractivity contribution in [3.05, 3.63) is 76.1 Å². The molecule has 0 aliphatic rings. The van der Waals surface area contributed by atoms with Gasteiger partial charge in [0.2, 0.25) is 5.89 Å². The Bertz CT molecular complexity index is 1050. The molecule has 4 aromatic rings. The molecule has 6 nitrogen and oxygen atoms in total. The maximum absolute atomic E-state index is 5.80. The number of aromatic nitrogens is 5. The van der Waals surface area contributed by atoms with Gasteiger partial charge < -0.3 is 8.98 Å². The number of nitrogens with zero attached hydrogens (tertiary/aromatic N) is 5. The zero-order chi connectivity index (χ0) is 18.8. The lowest BCUT2D eigenvalue weighted by Crippen LogP contribution is -2.04. The first-order chi connectivity index (χ1) is 13.1. The van der Waals surface area contributed by atoms with Gasteiger partial charge in [-0.3, -0.25) is 4.68 Å². The second-order valence-corrected chi connectivity index (χ2v) is 7.83. The van der Waals surface area contributed by atoms with E-state index in [1.807, 2.05) is 55.2 Å². The standard InChI is InChI=1S/C19H18BrN5OS/c1-13-18(20)14(2)25(23-13)11-17-21-22-19(26-17)27-12-15-7-3-4-8-16(15)24-9-5-6-10-24/h3-10H,11-12H2,1-2H3. The molecule has 1 aromatic carbocycles. The number of halogens is 1. The molecule has 0 bridgehead atoms. The van der Waals surface area contributed by atoms with E-state index in [1.165, 1.54) is 17.3 Å². The van der Waals surface area contributed by atoms with Crippen molar-refractivity contribution in [2.75, 3.05) is 0 Å². The van der Waals surface area contributed by atoms with Crippen LogP contribution in [0.25, 0.3) is 5.69 Å². The van der Waals surface area contributed by atoms with Crippen LogP contribution in [0.15, 0.2) is 62.9 Å². The maximum Gasteiger partial charge on any atom is 0.276 e. The Balaban J connectivity index is 1.46. The third-order valence-electron chi connectivity index (χ3n) is 4.25. The van der Waals surface area contributed by atoms with Gasteiger partial charge in [0, 0.05) is 23.8 Å². The molecule has 0 unspecified atom stereocenters. The fourth-order valence-electron chi connectivity index (χ4n) is 2.84. The van der Waals surface area contributed by atoms with Crippen molar-refractivity contribution in [1.82, 2.24) is 24.5 Å². The normalized spacial score (nSPS) is 11.2. The maximum atomic E-state index is 5.80. The number of benzene rings is 1. The molecule has 0 radical (unpaired) electrons. The number of rotatable bonds is 6. The molecule has 138 valence electrons. The molecule has 0 N–H and O–H groups in total. The van der Waals surface area contributed by atoms with Crippen LogP contribution in [0.2, 0.25) is 0 Å². The summed E-state index contributed by atoms with van der Waals surface area (Å²) in [7, 11) is 0. The van der Waals surface area contributed by atoms with Crippen LogP contribution in [-0.4, -0.2) is 24.5 Å². The molecular weight excluding hydrogens is 426 g/mol. The minimum atomic E-state index is 0.464. The van der Waals surface area contributed by atoms with Gasteiger partial charge in [-0.25, -0.2) is 0 Å². The lowest BCUT2D eigenvalue weighted by Gasteiger charge is -2.09. The summed E-state index contributed by atoms with van der Waals surface area (Å²) < 4.78 is 10.8. The van der Waals surface area contributed by atoms with E-state index in [4.69, 9.17) is 4.42 Å². The topological polar surface area (TPSA) is 61.7 Å². The van der Waals surface area contributed by atoms with Gasteiger partial charge in [0.15, 0.2) is 0 Å². The third kappa shape index (κ3) is 3.86. The fraction of sp³-hybridized carbons (Fsp3) is 0.211. The van der Waals surface area contributed by atoms with Crippen molar-refractivity contribution >= 4 is 27.7 Å². The van der Waals surface area contributed by atoms with Crippen LogP contribution in [0.5, 0.6) is 0 Å². The molecule has 0 saturated carbocycles. The van der Waals surface area contributed by atoms with Crippen LogP contribution < -0.4 is 0 Å². The van der Waals surface area contributed by atoms with Gasteiger partial charge >= 0.3 is 0 Å². The SMILES string of the molecule is Cc1nn(Cc2nnc(SCc3ccccc3-n3cccc3)o2)c(C)c1Br. The minimum absolute atomic E-state index is 0.464. The van der Waals surface area contributed by atoms with E-state index in [2.05, 4.69) is 47.9 Å². The number of para-hydroxylation sites is 1. The fourth-order valence-corrected chi connectivity index (χ4v) is 3.90. The molecule has 3 aromatic heterocycles. The van der Waals surface area contributed by atoms with Crippen LogP contribution in [0.3, 0.4) is 0 Å². The molecule has 0 saturated heterocycles. The van der Waals surface area contributed by atoms with Gasteiger partial charge in [0.05, 0.1) is 15.9 Å². The number of hydrogen-bond donors (Lipinski definition) is 0. The Kier molecular flexibility index (Phi) is 5.18. The third-order valence-corrected chi connectivity index (χ3v) is 6.27. The molecule has 0 fully saturated rings. The molecule has 4 rings (SSSR count). The Labute approximate surface area is 169 Å². The summed E-state index contributed by atoms with van der Waals surface area (Å²) in [6.07, 6.45) is 4.08. The number of aryl methyl sites for hydroxylation is 1. The average Bonchev–Trinajstić information content (AvgIpc) is 3.40. The Morgan fingerprint density at radius 2 is 1.85 bits per heavy atom. The predicted molar refractivity (Wildman–Crippen MR) is 108 cm³/mol. The first-order valence-electron chi connectivity index (χ1n) is 8.48. The summed E-state index contributed by atoms with van der Waals surface area (Å²) in [6, 6.07) is 12.4. The highest BCUT2D eigenvalue weighted by Crippen LogP contribution is 2.26. The van der Waals surface area contributed by atoms with Crippen LogP contribution in [-0.2, 0) is 12.3 Å². The largest absolute Gasteiger partial charge is 0.414 e. The van der Waals surface area contributed by atoms with Crippen LogP contribution in [0, 0.1) is 13.8 Å². The first kappa shape index (κ1) is 18.1. The molecular formula is C19H18BrN5OS. The van der Waals surface area contributed by atoms with Gasteiger partial charge in [0.1, 0.15) is 6.54 Å². The summed E-state index contributed by atoms with van der Waals surface area (Å²) in [4.78, 5) is 0. The highest BCUT2D eigenvalue weighted by molar-refractivity contribution is 9.10. The van der Waals surface area contributed by atoms with Gasteiger partial charge in [-0.15, -0.1) is 10.2 Å². The van der Waals surface area contributed by atoms with Crippen molar-refractivity contribution in [3.63, 3.8) is 0 Å². The highest BCUT2D eigenvalue weighted by Gasteiger charge is 2.13. The molecule has 8 heteroatoms. The quantitative estimate of drug-likeness (QED) is 0.401. The molecule has 3 heterocycles. The molecule has 0 aliphatic carbocycles. The Morgan fingerprint density at radius 1 is 1.07 bits per heavy atom. The zero-order valence-corrected chi connectivity index (χ0v) is 17.4. The van der Waals surface area contributed by atoms with Crippen LogP contribution in [0.1, 0.15) is 22.8 Å². The predicted octanol–water partition coefficient (Wildman–Crippen LogP) is 4.78. The highest BCUT2D eigenvalue weighted by atomic mass is 79.9. The van der Waals surface area contributed by atoms with Crippen molar-refractivity contribution in [1.29, 1.82) is 0 Å². The Hall–Kier alpha value is -2.32. The van der Waals surface area contributed by atoms with Crippen LogP contribution in [0.4, 0.5) is 0 Å². The van der Waals surface area contributed by atoms with E-state index >= 15 is 0 Å². The van der Waals surface area contributed by atoms with Crippen molar-refractivity contribution in [3.8, 4) is 5.69 Å². The van der Waals surface area contributed by atoms with Crippen molar-refractivity contribution in [2.45, 2.75) is 31.4 Å². The van der Waals surface area contributed by atoms with E-state index in [1.54, 1.807) is 0 Å². The first-order valence-corrected chi connectivity index (χ1v) is 10.3. The summed E-state index contributed by atoms with van der Waals surface area (Å²) in [5.74, 6) is 1.30. The summed E-state index contributed by atoms with van der Waals surface area (Å²) in [5, 5.41) is 13.4. The van der Waals surface area contributed by atoms with E-state index < -0.39 is 0 Å². The summed E-state index contributed by atoms with van der Waals surface area (Å²) in [6.45, 7) is 4.44. The second kappa shape index (κ2) is 7.74. The smallest absolute Gasteiger partial charge is 0.276 e. The zero-order valence-electron chi connectivity index (χ0n) is 15.0. The van der Waals surface area contributed by atoms with E-state index in [0.717, 1.165) is 27.3 Å². The molecule has 0 aliphatic heterocycles. The van der Waals surface area contributed by atoms with E-state index in [0.29, 0.717) is 17.7 Å². The molecule has 0 atom stereocenters. The number of thioether (sulfide) groups is 1. The molecule has 27 heavy (non-hydrogen) atoms. The number of hydrogen-bond acceptors (Lipinski definition) is 5. The van der Waals surface area contributed by atoms with Gasteiger partial charge in [-0.1, -0.05) is 30.0 Å². The lowest BCUT2D eigenvalue weighted by molar-refractivity contribution is 0.396. The van der Waals surface area contributed by atoms with Gasteiger partial charge in [-0.05, 0) is 53.5 Å². The van der Waals surface area contributed by atoms with Crippen LogP contribution >= 0.6 is 27.7 Å². The lowest BCUT2D eigenvalue weighted by atomic mass is 10.2. The van der Waals surface area contributed by atoms with E-state index in [9.17, 15) is 0 Å². The van der Waals surface area contributed by atoms with E-state index in [-0.39, 0.29) is 0 Å². The molecule has 0 spiro atoms. The van der Waals surface area contributed by atoms with Crippen molar-refractivity contribution < 1.29 is 4.42 Å². The average molecular weight is 444 g/mol. The minimum Gasteiger partial charge on any atom is -0.414 e.